The van der Waals surface area contributed by atoms with Crippen LogP contribution in [0.5, 0.6) is 23.0 Å². The molecule has 6 heteroatoms. The van der Waals surface area contributed by atoms with Gasteiger partial charge in [0.2, 0.25) is 0 Å². The van der Waals surface area contributed by atoms with Crippen LogP contribution in [0.1, 0.15) is 129 Å². The highest BCUT2D eigenvalue weighted by atomic mass is 33.1. The summed E-state index contributed by atoms with van der Waals surface area (Å²) in [5, 5.41) is 22.1. The van der Waals surface area contributed by atoms with E-state index < -0.39 is 0 Å². The van der Waals surface area contributed by atoms with Crippen molar-refractivity contribution in [3.8, 4) is 23.0 Å². The third kappa shape index (κ3) is 10.8. The highest BCUT2D eigenvalue weighted by molar-refractivity contribution is 8.76. The second kappa shape index (κ2) is 17.8. The first-order chi connectivity index (χ1) is 18.3. The lowest BCUT2D eigenvalue weighted by molar-refractivity contribution is 0.302. The number of benzene rings is 2. The Balaban J connectivity index is 2.15. The third-order valence-electron chi connectivity index (χ3n) is 6.65. The van der Waals surface area contributed by atoms with E-state index in [-0.39, 0.29) is 23.3 Å². The van der Waals surface area contributed by atoms with Gasteiger partial charge < -0.3 is 19.7 Å². The van der Waals surface area contributed by atoms with Crippen LogP contribution in [0.2, 0.25) is 0 Å². The number of hydrogen-bond acceptors (Lipinski definition) is 6. The molecule has 4 nitrogen and oxygen atoms in total. The lowest BCUT2D eigenvalue weighted by Crippen LogP contribution is -2.00. The maximum atomic E-state index is 11.0. The van der Waals surface area contributed by atoms with Gasteiger partial charge in [-0.25, -0.2) is 0 Å². The molecule has 0 unspecified atom stereocenters. The Bertz CT molecular complexity index is 881. The molecule has 0 heterocycles. The lowest BCUT2D eigenvalue weighted by atomic mass is 10.0. The molecule has 2 rings (SSSR count). The summed E-state index contributed by atoms with van der Waals surface area (Å²) in [6.07, 6.45) is 11.9. The van der Waals surface area contributed by atoms with Crippen LogP contribution in [0, 0.1) is 0 Å². The number of phenols is 2. The van der Waals surface area contributed by atoms with Crippen molar-refractivity contribution < 1.29 is 19.7 Å². The van der Waals surface area contributed by atoms with Crippen molar-refractivity contribution in [3.05, 3.63) is 35.4 Å². The Morgan fingerprint density at radius 2 is 0.947 bits per heavy atom. The summed E-state index contributed by atoms with van der Waals surface area (Å²) in [6, 6.07) is 7.76. The zero-order chi connectivity index (χ0) is 27.9. The number of phenolic OH excluding ortho intramolecular Hbond substituents is 2. The van der Waals surface area contributed by atoms with E-state index in [0.29, 0.717) is 13.2 Å². The predicted octanol–water partition coefficient (Wildman–Crippen LogP) is 10.8. The summed E-state index contributed by atoms with van der Waals surface area (Å²) in [7, 11) is 2.90. The largest absolute Gasteiger partial charge is 0.506 e. The zero-order valence-corrected chi connectivity index (χ0v) is 26.1. The second-order valence-corrected chi connectivity index (χ2v) is 12.9. The fraction of sp³-hybridized carbons (Fsp3) is 0.625. The number of ether oxygens (including phenoxy) is 2. The molecule has 0 bridgehead atoms. The Morgan fingerprint density at radius 3 is 1.29 bits per heavy atom. The number of rotatable bonds is 19. The molecule has 0 spiro atoms. The Hall–Kier alpha value is -1.66. The van der Waals surface area contributed by atoms with Crippen LogP contribution in [0.3, 0.4) is 0 Å². The Morgan fingerprint density at radius 1 is 0.579 bits per heavy atom. The Labute approximate surface area is 239 Å². The monoisotopic (exact) mass is 562 g/mol. The number of hydrogen-bond donors (Lipinski definition) is 2. The van der Waals surface area contributed by atoms with E-state index in [4.69, 9.17) is 9.47 Å². The molecule has 0 aliphatic carbocycles. The second-order valence-electron chi connectivity index (χ2n) is 10.7. The van der Waals surface area contributed by atoms with Crippen LogP contribution in [-0.4, -0.2) is 23.4 Å². The first kappa shape index (κ1) is 32.6. The van der Waals surface area contributed by atoms with Gasteiger partial charge in [-0.05, 0) is 70.5 Å². The fourth-order valence-electron chi connectivity index (χ4n) is 4.26. The molecule has 214 valence electrons. The molecule has 0 aliphatic heterocycles. The molecule has 0 amide bonds. The van der Waals surface area contributed by atoms with Crippen LogP contribution >= 0.6 is 21.6 Å². The lowest BCUT2D eigenvalue weighted by Gasteiger charge is -2.17. The number of unbranched alkanes of at least 4 members (excludes halogenated alkanes) is 8. The molecule has 0 radical (unpaired) electrons. The van der Waals surface area contributed by atoms with Crippen LogP contribution < -0.4 is 9.47 Å². The third-order valence-corrected chi connectivity index (χ3v) is 9.05. The van der Waals surface area contributed by atoms with Gasteiger partial charge in [0.15, 0.2) is 0 Å². The summed E-state index contributed by atoms with van der Waals surface area (Å²) < 4.78 is 12.2. The summed E-state index contributed by atoms with van der Waals surface area (Å²) in [4.78, 5) is 1.49. The van der Waals surface area contributed by atoms with Crippen LogP contribution in [-0.2, 0) is 0 Å². The molecule has 0 fully saturated rings. The minimum atomic E-state index is 0.169. The van der Waals surface area contributed by atoms with Crippen molar-refractivity contribution in [3.63, 3.8) is 0 Å². The van der Waals surface area contributed by atoms with Gasteiger partial charge in [-0.3, -0.25) is 0 Å². The van der Waals surface area contributed by atoms with Gasteiger partial charge in [-0.15, -0.1) is 0 Å². The summed E-state index contributed by atoms with van der Waals surface area (Å²) in [5.74, 6) is 2.49. The van der Waals surface area contributed by atoms with Crippen molar-refractivity contribution >= 4 is 21.6 Å². The van der Waals surface area contributed by atoms with Crippen LogP contribution in [0.4, 0.5) is 0 Å². The van der Waals surface area contributed by atoms with Crippen molar-refractivity contribution in [1.82, 2.24) is 0 Å². The molecule has 2 aromatic rings. The van der Waals surface area contributed by atoms with Gasteiger partial charge in [-0.1, -0.05) is 92.9 Å². The van der Waals surface area contributed by atoms with Crippen LogP contribution in [0.25, 0.3) is 0 Å². The molecule has 0 saturated heterocycles. The fourth-order valence-corrected chi connectivity index (χ4v) is 6.46. The first-order valence-corrected chi connectivity index (χ1v) is 16.8. The maximum Gasteiger partial charge on any atom is 0.133 e. The van der Waals surface area contributed by atoms with Gasteiger partial charge in [0.05, 0.1) is 23.0 Å². The highest BCUT2D eigenvalue weighted by Crippen LogP contribution is 2.50. The molecule has 0 atom stereocenters. The van der Waals surface area contributed by atoms with Gasteiger partial charge in [0.1, 0.15) is 23.0 Å². The van der Waals surface area contributed by atoms with Gasteiger partial charge in [0, 0.05) is 11.1 Å². The normalized spacial score (nSPS) is 11.5. The molecule has 0 aliphatic rings. The van der Waals surface area contributed by atoms with Crippen molar-refractivity contribution in [1.29, 1.82) is 0 Å². The zero-order valence-electron chi connectivity index (χ0n) is 24.5. The molecule has 2 aromatic carbocycles. The van der Waals surface area contributed by atoms with E-state index in [0.717, 1.165) is 45.3 Å². The van der Waals surface area contributed by atoms with E-state index in [9.17, 15) is 10.2 Å². The summed E-state index contributed by atoms with van der Waals surface area (Å²) in [5.41, 5.74) is 1.76. The Kier molecular flexibility index (Phi) is 15.3. The van der Waals surface area contributed by atoms with Gasteiger partial charge in [0.25, 0.3) is 0 Å². The molecular formula is C32H50O4S2. The van der Waals surface area contributed by atoms with Crippen molar-refractivity contribution in [2.75, 3.05) is 13.2 Å². The molecular weight excluding hydrogens is 512 g/mol. The minimum absolute atomic E-state index is 0.169. The highest BCUT2D eigenvalue weighted by Gasteiger charge is 2.18. The van der Waals surface area contributed by atoms with Crippen LogP contribution in [0.15, 0.2) is 34.1 Å². The van der Waals surface area contributed by atoms with Gasteiger partial charge in [-0.2, -0.15) is 0 Å². The number of aromatic hydroxyl groups is 2. The topological polar surface area (TPSA) is 58.9 Å². The maximum absolute atomic E-state index is 11.0. The van der Waals surface area contributed by atoms with E-state index in [1.807, 2.05) is 24.3 Å². The average molecular weight is 563 g/mol. The molecule has 2 N–H and O–H groups in total. The van der Waals surface area contributed by atoms with Crippen molar-refractivity contribution in [2.24, 2.45) is 0 Å². The standard InChI is InChI=1S/C32H50O4S2/c1-7-9-11-13-15-17-35-25-19-27(23(3)4)31(33)29(21-25)37-38-30-22-26(20-28(24(5)6)32(30)34)36-18-16-14-12-10-8-2/h19-24,33-34H,7-18H2,1-6H3. The first-order valence-electron chi connectivity index (χ1n) is 14.6. The summed E-state index contributed by atoms with van der Waals surface area (Å²) in [6.45, 7) is 14.1. The minimum Gasteiger partial charge on any atom is -0.506 e. The van der Waals surface area contributed by atoms with E-state index in [1.54, 1.807) is 0 Å². The average Bonchev–Trinajstić information content (AvgIpc) is 2.88. The van der Waals surface area contributed by atoms with E-state index >= 15 is 0 Å². The summed E-state index contributed by atoms with van der Waals surface area (Å²) >= 11 is 0. The molecule has 0 aromatic heterocycles. The predicted molar refractivity (Wildman–Crippen MR) is 165 cm³/mol. The van der Waals surface area contributed by atoms with Gasteiger partial charge >= 0.3 is 0 Å². The molecule has 38 heavy (non-hydrogen) atoms. The SMILES string of the molecule is CCCCCCCOc1cc(SSc2cc(OCCCCCCC)cc(C(C)C)c2O)c(O)c(C(C)C)c1. The quantitative estimate of drug-likeness (QED) is 0.131. The smallest absolute Gasteiger partial charge is 0.133 e. The molecule has 0 saturated carbocycles. The van der Waals surface area contributed by atoms with E-state index in [1.165, 1.54) is 73.0 Å². The van der Waals surface area contributed by atoms with Crippen molar-refractivity contribution in [2.45, 2.75) is 127 Å². The van der Waals surface area contributed by atoms with E-state index in [2.05, 4.69) is 41.5 Å².